The Hall–Kier alpha value is -1.09. The molecule has 0 aliphatic heterocycles. The highest BCUT2D eigenvalue weighted by molar-refractivity contribution is 5.80. The van der Waals surface area contributed by atoms with Gasteiger partial charge in [-0.1, -0.05) is 47.0 Å². The van der Waals surface area contributed by atoms with Gasteiger partial charge < -0.3 is 10.1 Å². The summed E-state index contributed by atoms with van der Waals surface area (Å²) in [5, 5.41) is 10.4. The van der Waals surface area contributed by atoms with Crippen LogP contribution >= 0.6 is 0 Å². The van der Waals surface area contributed by atoms with Crippen LogP contribution in [-0.4, -0.2) is 15.9 Å². The number of H-pyrrole nitrogens is 1. The minimum absolute atomic E-state index is 0.129. The van der Waals surface area contributed by atoms with Gasteiger partial charge in [-0.25, -0.2) is 0 Å². The molecule has 1 rings (SSSR count). The molecule has 3 heteroatoms. The first kappa shape index (κ1) is 18.0. The van der Waals surface area contributed by atoms with Crippen LogP contribution in [0.4, 0.5) is 0 Å². The van der Waals surface area contributed by atoms with Gasteiger partial charge in [-0.05, 0) is 30.4 Å². The molecular formula is C18H31NO2. The van der Waals surface area contributed by atoms with Crippen molar-refractivity contribution in [2.75, 3.05) is 0 Å². The number of Topliss-reactive ketones (excluding diaryl/α,β-unsaturated/α-hetero) is 1. The second-order valence-corrected chi connectivity index (χ2v) is 6.84. The average Bonchev–Trinajstić information content (AvgIpc) is 2.98. The lowest BCUT2D eigenvalue weighted by atomic mass is 9.80. The zero-order valence-electron chi connectivity index (χ0n) is 14.0. The monoisotopic (exact) mass is 293 g/mol. The number of aliphatic hydroxyl groups is 1. The number of hydrogen-bond acceptors (Lipinski definition) is 2. The molecule has 0 aliphatic carbocycles. The number of carbonyl (C=O) groups is 1. The Labute approximate surface area is 129 Å². The molecule has 0 saturated carbocycles. The number of hydrogen-bond donors (Lipinski definition) is 2. The number of ketones is 1. The molecule has 2 N–H and O–H groups in total. The summed E-state index contributed by atoms with van der Waals surface area (Å²) < 4.78 is 0. The predicted molar refractivity (Wildman–Crippen MR) is 87.1 cm³/mol. The van der Waals surface area contributed by atoms with Crippen molar-refractivity contribution >= 4 is 5.78 Å². The van der Waals surface area contributed by atoms with Crippen molar-refractivity contribution in [1.29, 1.82) is 0 Å². The lowest BCUT2D eigenvalue weighted by molar-refractivity contribution is -0.122. The zero-order chi connectivity index (χ0) is 15.9. The number of unbranched alkanes of at least 4 members (excludes halogenated alkanes) is 2. The van der Waals surface area contributed by atoms with Crippen molar-refractivity contribution in [1.82, 2.24) is 4.98 Å². The number of carbonyl (C=O) groups excluding carboxylic acids is 1. The van der Waals surface area contributed by atoms with E-state index in [4.69, 9.17) is 0 Å². The van der Waals surface area contributed by atoms with Crippen LogP contribution in [0.25, 0.3) is 0 Å². The Balaban J connectivity index is 2.26. The summed E-state index contributed by atoms with van der Waals surface area (Å²) in [5.41, 5.74) is 0.762. The van der Waals surface area contributed by atoms with E-state index in [1.165, 1.54) is 0 Å². The average molecular weight is 293 g/mol. The highest BCUT2D eigenvalue weighted by atomic mass is 16.3. The van der Waals surface area contributed by atoms with Gasteiger partial charge in [0.25, 0.3) is 0 Å². The molecule has 0 spiro atoms. The van der Waals surface area contributed by atoms with Crippen molar-refractivity contribution in [3.63, 3.8) is 0 Å². The predicted octanol–water partition coefficient (Wildman–Crippen LogP) is 4.64. The van der Waals surface area contributed by atoms with Gasteiger partial charge in [0.15, 0.2) is 0 Å². The first-order chi connectivity index (χ1) is 9.88. The van der Waals surface area contributed by atoms with Gasteiger partial charge >= 0.3 is 0 Å². The highest BCUT2D eigenvalue weighted by Crippen LogP contribution is 2.37. The smallest absolute Gasteiger partial charge is 0.135 e. The van der Waals surface area contributed by atoms with Crippen molar-refractivity contribution in [3.05, 3.63) is 24.0 Å². The Morgan fingerprint density at radius 1 is 1.33 bits per heavy atom. The van der Waals surface area contributed by atoms with Crippen LogP contribution in [0.1, 0.15) is 78.0 Å². The van der Waals surface area contributed by atoms with Gasteiger partial charge in [-0.2, -0.15) is 0 Å². The Morgan fingerprint density at radius 2 is 2.05 bits per heavy atom. The van der Waals surface area contributed by atoms with E-state index in [2.05, 4.69) is 18.8 Å². The van der Waals surface area contributed by atoms with Crippen LogP contribution in [0.15, 0.2) is 18.3 Å². The molecule has 2 atom stereocenters. The van der Waals surface area contributed by atoms with Gasteiger partial charge in [-0.15, -0.1) is 0 Å². The Morgan fingerprint density at radius 3 is 2.62 bits per heavy atom. The fraction of sp³-hybridized carbons (Fsp3) is 0.722. The molecule has 0 fully saturated rings. The summed E-state index contributed by atoms with van der Waals surface area (Å²) in [4.78, 5) is 14.6. The molecule has 0 amide bonds. The van der Waals surface area contributed by atoms with E-state index in [1.807, 2.05) is 32.2 Å². The number of aromatic amines is 1. The van der Waals surface area contributed by atoms with E-state index < -0.39 is 6.10 Å². The molecule has 0 radical (unpaired) electrons. The van der Waals surface area contributed by atoms with E-state index >= 15 is 0 Å². The topological polar surface area (TPSA) is 53.1 Å². The lowest BCUT2D eigenvalue weighted by Crippen LogP contribution is -2.22. The first-order valence-electron chi connectivity index (χ1n) is 8.22. The van der Waals surface area contributed by atoms with Crippen LogP contribution < -0.4 is 0 Å². The van der Waals surface area contributed by atoms with Crippen molar-refractivity contribution in [2.45, 2.75) is 72.3 Å². The lowest BCUT2D eigenvalue weighted by Gasteiger charge is -2.30. The molecule has 2 unspecified atom stereocenters. The first-order valence-corrected chi connectivity index (χ1v) is 8.22. The molecule has 1 heterocycles. The normalized spacial score (nSPS) is 14.9. The second-order valence-electron chi connectivity index (χ2n) is 6.84. The van der Waals surface area contributed by atoms with Crippen LogP contribution in [0.3, 0.4) is 0 Å². The maximum Gasteiger partial charge on any atom is 0.135 e. The second kappa shape index (κ2) is 8.38. The summed E-state index contributed by atoms with van der Waals surface area (Å²) in [6.45, 7) is 8.19. The van der Waals surface area contributed by atoms with Gasteiger partial charge in [0.2, 0.25) is 0 Å². The fourth-order valence-corrected chi connectivity index (χ4v) is 2.79. The molecular weight excluding hydrogens is 262 g/mol. The minimum atomic E-state index is -0.451. The molecule has 0 bridgehead atoms. The van der Waals surface area contributed by atoms with E-state index in [1.54, 1.807) is 0 Å². The van der Waals surface area contributed by atoms with Crippen LogP contribution in [0, 0.1) is 11.3 Å². The summed E-state index contributed by atoms with van der Waals surface area (Å²) in [6, 6.07) is 3.85. The largest absolute Gasteiger partial charge is 0.386 e. The third-order valence-electron chi connectivity index (χ3n) is 4.51. The third-order valence-corrected chi connectivity index (χ3v) is 4.51. The summed E-state index contributed by atoms with van der Waals surface area (Å²) >= 11 is 0. The Bertz CT molecular complexity index is 409. The molecule has 1 aromatic rings. The molecule has 0 aromatic carbocycles. The van der Waals surface area contributed by atoms with Crippen LogP contribution in [0.2, 0.25) is 0 Å². The van der Waals surface area contributed by atoms with Crippen molar-refractivity contribution in [2.24, 2.45) is 11.3 Å². The standard InChI is InChI=1S/C18H31NO2/c1-5-16(20)14(2)10-7-6-8-12-18(3,4)17(21)15-11-9-13-19-15/h9,11,13-14,17,19,21H,5-8,10,12H2,1-4H3. The quantitative estimate of drug-likeness (QED) is 0.617. The van der Waals surface area contributed by atoms with E-state index in [9.17, 15) is 9.90 Å². The minimum Gasteiger partial charge on any atom is -0.386 e. The molecule has 0 aliphatic rings. The number of nitrogens with one attached hydrogen (secondary N) is 1. The van der Waals surface area contributed by atoms with Crippen molar-refractivity contribution < 1.29 is 9.90 Å². The van der Waals surface area contributed by atoms with Gasteiger partial charge in [-0.3, -0.25) is 4.79 Å². The van der Waals surface area contributed by atoms with Gasteiger partial charge in [0.1, 0.15) is 5.78 Å². The number of rotatable bonds is 10. The summed E-state index contributed by atoms with van der Waals surface area (Å²) in [7, 11) is 0. The highest BCUT2D eigenvalue weighted by Gasteiger charge is 2.29. The maximum atomic E-state index is 11.5. The molecule has 3 nitrogen and oxygen atoms in total. The molecule has 21 heavy (non-hydrogen) atoms. The fourth-order valence-electron chi connectivity index (χ4n) is 2.79. The summed E-state index contributed by atoms with van der Waals surface area (Å²) in [5.74, 6) is 0.574. The van der Waals surface area contributed by atoms with E-state index in [-0.39, 0.29) is 11.3 Å². The molecule has 0 saturated heterocycles. The SMILES string of the molecule is CCC(=O)C(C)CCCCCC(C)(C)C(O)c1ccc[nH]1. The van der Waals surface area contributed by atoms with E-state index in [0.717, 1.165) is 37.8 Å². The number of aliphatic hydroxyl groups excluding tert-OH is 1. The Kier molecular flexibility index (Phi) is 7.16. The van der Waals surface area contributed by atoms with E-state index in [0.29, 0.717) is 12.2 Å². The third kappa shape index (κ3) is 5.66. The van der Waals surface area contributed by atoms with Crippen molar-refractivity contribution in [3.8, 4) is 0 Å². The molecule has 120 valence electrons. The summed E-state index contributed by atoms with van der Waals surface area (Å²) in [6.07, 6.45) is 7.35. The maximum absolute atomic E-state index is 11.5. The van der Waals surface area contributed by atoms with Crippen LogP contribution in [0.5, 0.6) is 0 Å². The number of aromatic nitrogens is 1. The molecule has 1 aromatic heterocycles. The zero-order valence-corrected chi connectivity index (χ0v) is 14.0. The van der Waals surface area contributed by atoms with Crippen LogP contribution in [-0.2, 0) is 4.79 Å². The van der Waals surface area contributed by atoms with Gasteiger partial charge in [0.05, 0.1) is 6.10 Å². The van der Waals surface area contributed by atoms with Gasteiger partial charge in [0, 0.05) is 24.2 Å².